The molecule has 3 rings (SSSR count). The number of nitrogens with zero attached hydrogens (tertiary/aromatic N) is 2. The van der Waals surface area contributed by atoms with E-state index in [4.69, 9.17) is 0 Å². The second-order valence-electron chi connectivity index (χ2n) is 5.90. The second-order valence-corrected chi connectivity index (χ2v) is 5.90. The van der Waals surface area contributed by atoms with Crippen LogP contribution in [0.25, 0.3) is 21.8 Å². The molecule has 24 heavy (non-hydrogen) atoms. The van der Waals surface area contributed by atoms with Crippen LogP contribution >= 0.6 is 0 Å². The smallest absolute Gasteiger partial charge is 0.326 e. The van der Waals surface area contributed by atoms with E-state index in [0.717, 1.165) is 21.8 Å². The van der Waals surface area contributed by atoms with Crippen molar-refractivity contribution in [1.29, 1.82) is 0 Å². The van der Waals surface area contributed by atoms with Gasteiger partial charge < -0.3 is 5.32 Å². The molecular weight excluding hydrogens is 298 g/mol. The van der Waals surface area contributed by atoms with E-state index in [1.807, 2.05) is 24.3 Å². The highest BCUT2D eigenvalue weighted by atomic mass is 16.2. The fraction of sp³-hybridized carbons (Fsp3) is 0.200. The number of aryl methyl sites for hydroxylation is 2. The number of nitrogens with one attached hydrogen (secondary N) is 1. The van der Waals surface area contributed by atoms with Gasteiger partial charge in [-0.05, 0) is 38.1 Å². The van der Waals surface area contributed by atoms with E-state index in [-0.39, 0.29) is 6.03 Å². The van der Waals surface area contributed by atoms with Crippen LogP contribution in [-0.2, 0) is 0 Å². The van der Waals surface area contributed by atoms with Crippen LogP contribution < -0.4 is 5.32 Å². The second kappa shape index (κ2) is 6.71. The van der Waals surface area contributed by atoms with Crippen molar-refractivity contribution in [2.24, 2.45) is 4.99 Å². The van der Waals surface area contributed by atoms with Gasteiger partial charge in [-0.25, -0.2) is 4.79 Å². The predicted octanol–water partition coefficient (Wildman–Crippen LogP) is 4.23. The normalized spacial score (nSPS) is 11.4. The van der Waals surface area contributed by atoms with E-state index in [1.54, 1.807) is 16.9 Å². The summed E-state index contributed by atoms with van der Waals surface area (Å²) in [5, 5.41) is 5.10. The third-order valence-electron chi connectivity index (χ3n) is 3.99. The molecule has 0 unspecified atom stereocenters. The van der Waals surface area contributed by atoms with Gasteiger partial charge in [-0.15, -0.1) is 6.58 Å². The van der Waals surface area contributed by atoms with Crippen LogP contribution in [0.1, 0.15) is 11.1 Å². The minimum atomic E-state index is -0.146. The number of rotatable bonds is 4. The predicted molar refractivity (Wildman–Crippen MR) is 101 cm³/mol. The topological polar surface area (TPSA) is 46.4 Å². The summed E-state index contributed by atoms with van der Waals surface area (Å²) in [5.41, 5.74) is 4.20. The van der Waals surface area contributed by atoms with E-state index in [0.29, 0.717) is 13.1 Å². The molecule has 1 heterocycles. The summed E-state index contributed by atoms with van der Waals surface area (Å²) >= 11 is 0. The third-order valence-corrected chi connectivity index (χ3v) is 3.99. The lowest BCUT2D eigenvalue weighted by atomic mass is 10.1. The Hall–Kier alpha value is -2.88. The SMILES string of the molecule is C=CCN=CCNC(=O)n1c2ccc(C)cc2c2cc(C)ccc21. The first-order valence-electron chi connectivity index (χ1n) is 8.00. The minimum Gasteiger partial charge on any atom is -0.332 e. The van der Waals surface area contributed by atoms with Gasteiger partial charge in [-0.1, -0.05) is 29.3 Å². The standard InChI is InChI=1S/C20H21N3O/c1-4-9-21-10-11-22-20(24)23-18-7-5-14(2)12-16(18)17-13-15(3)6-8-19(17)23/h4-8,10,12-13H,1,9,11H2,2-3H3,(H,22,24). The highest BCUT2D eigenvalue weighted by Crippen LogP contribution is 2.30. The summed E-state index contributed by atoms with van der Waals surface area (Å²) in [6.45, 7) is 8.69. The molecule has 122 valence electrons. The van der Waals surface area contributed by atoms with Crippen molar-refractivity contribution in [3.05, 3.63) is 60.2 Å². The number of hydrogen-bond acceptors (Lipinski definition) is 2. The summed E-state index contributed by atoms with van der Waals surface area (Å²) in [6, 6.07) is 12.2. The molecule has 0 spiro atoms. The van der Waals surface area contributed by atoms with Crippen LogP contribution in [0.3, 0.4) is 0 Å². The molecule has 0 bridgehead atoms. The van der Waals surface area contributed by atoms with Crippen LogP contribution in [0, 0.1) is 13.8 Å². The first-order chi connectivity index (χ1) is 11.6. The number of aliphatic imine (C=N–C) groups is 1. The number of hydrogen-bond donors (Lipinski definition) is 1. The Morgan fingerprint density at radius 2 is 1.71 bits per heavy atom. The van der Waals surface area contributed by atoms with Gasteiger partial charge in [0.1, 0.15) is 0 Å². The van der Waals surface area contributed by atoms with Gasteiger partial charge in [0.2, 0.25) is 0 Å². The lowest BCUT2D eigenvalue weighted by Crippen LogP contribution is -2.29. The summed E-state index contributed by atoms with van der Waals surface area (Å²) in [4.78, 5) is 16.8. The van der Waals surface area contributed by atoms with E-state index in [2.05, 4.69) is 42.9 Å². The Balaban J connectivity index is 2.05. The number of aromatic nitrogens is 1. The van der Waals surface area contributed by atoms with Crippen molar-refractivity contribution in [3.63, 3.8) is 0 Å². The Morgan fingerprint density at radius 1 is 1.12 bits per heavy atom. The molecule has 0 radical (unpaired) electrons. The molecule has 0 saturated heterocycles. The van der Waals surface area contributed by atoms with Crippen molar-refractivity contribution < 1.29 is 4.79 Å². The maximum Gasteiger partial charge on any atom is 0.326 e. The van der Waals surface area contributed by atoms with E-state index in [1.165, 1.54) is 11.1 Å². The zero-order valence-electron chi connectivity index (χ0n) is 14.0. The van der Waals surface area contributed by atoms with Crippen LogP contribution in [-0.4, -0.2) is 29.9 Å². The van der Waals surface area contributed by atoms with Crippen molar-refractivity contribution >= 4 is 34.1 Å². The zero-order valence-corrected chi connectivity index (χ0v) is 14.0. The third kappa shape index (κ3) is 2.95. The molecule has 1 aromatic heterocycles. The Bertz CT molecular complexity index is 891. The van der Waals surface area contributed by atoms with Gasteiger partial charge in [0.05, 0.1) is 24.1 Å². The van der Waals surface area contributed by atoms with Crippen molar-refractivity contribution in [1.82, 2.24) is 9.88 Å². The zero-order chi connectivity index (χ0) is 17.1. The van der Waals surface area contributed by atoms with Crippen molar-refractivity contribution in [2.45, 2.75) is 13.8 Å². The minimum absolute atomic E-state index is 0.146. The number of carbonyl (C=O) groups excluding carboxylic acids is 1. The Kier molecular flexibility index (Phi) is 4.47. The average Bonchev–Trinajstić information content (AvgIpc) is 2.87. The van der Waals surface area contributed by atoms with Crippen LogP contribution in [0.4, 0.5) is 4.79 Å². The molecule has 4 nitrogen and oxygen atoms in total. The molecule has 0 aliphatic carbocycles. The molecule has 1 N–H and O–H groups in total. The van der Waals surface area contributed by atoms with Gasteiger partial charge >= 0.3 is 6.03 Å². The lowest BCUT2D eigenvalue weighted by molar-refractivity contribution is 0.245. The average molecular weight is 319 g/mol. The molecule has 0 atom stereocenters. The first kappa shape index (κ1) is 16.0. The highest BCUT2D eigenvalue weighted by molar-refractivity contribution is 6.13. The Morgan fingerprint density at radius 3 is 2.25 bits per heavy atom. The van der Waals surface area contributed by atoms with Gasteiger partial charge in [-0.3, -0.25) is 9.56 Å². The van der Waals surface area contributed by atoms with E-state index < -0.39 is 0 Å². The van der Waals surface area contributed by atoms with Crippen LogP contribution in [0.5, 0.6) is 0 Å². The highest BCUT2D eigenvalue weighted by Gasteiger charge is 2.15. The monoisotopic (exact) mass is 319 g/mol. The largest absolute Gasteiger partial charge is 0.332 e. The molecular formula is C20H21N3O. The lowest BCUT2D eigenvalue weighted by Gasteiger charge is -2.07. The number of fused-ring (bicyclic) bond motifs is 3. The maximum absolute atomic E-state index is 12.7. The van der Waals surface area contributed by atoms with Crippen LogP contribution in [0.2, 0.25) is 0 Å². The molecule has 3 aromatic rings. The molecule has 2 aromatic carbocycles. The molecule has 0 fully saturated rings. The summed E-state index contributed by atoms with van der Waals surface area (Å²) in [6.07, 6.45) is 3.41. The fourth-order valence-corrected chi connectivity index (χ4v) is 2.90. The summed E-state index contributed by atoms with van der Waals surface area (Å²) in [5.74, 6) is 0. The number of carbonyl (C=O) groups is 1. The van der Waals surface area contributed by atoms with Gasteiger partial charge in [-0.2, -0.15) is 0 Å². The van der Waals surface area contributed by atoms with Crippen molar-refractivity contribution in [2.75, 3.05) is 13.1 Å². The number of benzene rings is 2. The van der Waals surface area contributed by atoms with Gasteiger partial charge in [0.25, 0.3) is 0 Å². The van der Waals surface area contributed by atoms with E-state index >= 15 is 0 Å². The quantitative estimate of drug-likeness (QED) is 0.568. The summed E-state index contributed by atoms with van der Waals surface area (Å²) < 4.78 is 1.74. The van der Waals surface area contributed by atoms with Crippen LogP contribution in [0.15, 0.2) is 54.0 Å². The van der Waals surface area contributed by atoms with Gasteiger partial charge in [0, 0.05) is 17.0 Å². The summed E-state index contributed by atoms with van der Waals surface area (Å²) in [7, 11) is 0. The van der Waals surface area contributed by atoms with Gasteiger partial charge in [0.15, 0.2) is 0 Å². The van der Waals surface area contributed by atoms with Crippen molar-refractivity contribution in [3.8, 4) is 0 Å². The molecule has 0 saturated carbocycles. The fourth-order valence-electron chi connectivity index (χ4n) is 2.90. The maximum atomic E-state index is 12.7. The molecule has 0 aliphatic heterocycles. The Labute approximate surface area is 141 Å². The number of amides is 1. The van der Waals surface area contributed by atoms with E-state index in [9.17, 15) is 4.79 Å². The first-order valence-corrected chi connectivity index (χ1v) is 8.00. The molecule has 1 amide bonds. The molecule has 0 aliphatic rings. The molecule has 4 heteroatoms.